The highest BCUT2D eigenvalue weighted by Crippen LogP contribution is 2.21. The highest BCUT2D eigenvalue weighted by atomic mass is 32.1. The van der Waals surface area contributed by atoms with Crippen LogP contribution in [0.25, 0.3) is 0 Å². The van der Waals surface area contributed by atoms with E-state index in [0.29, 0.717) is 18.9 Å². The lowest BCUT2D eigenvalue weighted by Crippen LogP contribution is -2.38. The number of nitrogens with one attached hydrogen (secondary N) is 1. The van der Waals surface area contributed by atoms with E-state index in [1.165, 1.54) is 0 Å². The summed E-state index contributed by atoms with van der Waals surface area (Å²) in [6, 6.07) is 3.90. The number of amides is 1. The summed E-state index contributed by atoms with van der Waals surface area (Å²) in [5.41, 5.74) is 0.846. The molecule has 132 valence electrons. The fraction of sp³-hybridized carbons (Fsp3) is 0.556. The van der Waals surface area contributed by atoms with Crippen molar-refractivity contribution >= 4 is 17.2 Å². The van der Waals surface area contributed by atoms with E-state index in [4.69, 9.17) is 4.42 Å². The van der Waals surface area contributed by atoms with Gasteiger partial charge < -0.3 is 9.73 Å². The quantitative estimate of drug-likeness (QED) is 0.751. The normalized spacial score (nSPS) is 12.8. The number of carbonyl (C=O) groups is 1. The zero-order valence-electron chi connectivity index (χ0n) is 14.9. The van der Waals surface area contributed by atoms with Gasteiger partial charge >= 0.3 is 0 Å². The zero-order chi connectivity index (χ0) is 17.5. The molecule has 0 spiro atoms. The Balaban J connectivity index is 1.94. The molecule has 0 saturated carbocycles. The number of carbonyl (C=O) groups excluding carboxylic acids is 1. The summed E-state index contributed by atoms with van der Waals surface area (Å²) in [5, 5.41) is 6.08. The van der Waals surface area contributed by atoms with E-state index in [-0.39, 0.29) is 11.9 Å². The SMILES string of the molecule is CCN(CC)[C@@H](CNC(=O)Cc1csc(C(C)C)n1)c1ccco1. The molecule has 2 aromatic rings. The molecule has 0 fully saturated rings. The van der Waals surface area contributed by atoms with Gasteiger partial charge in [-0.25, -0.2) is 4.98 Å². The highest BCUT2D eigenvalue weighted by Gasteiger charge is 2.21. The first-order chi connectivity index (χ1) is 11.5. The molecule has 5 nitrogen and oxygen atoms in total. The number of aromatic nitrogens is 1. The van der Waals surface area contributed by atoms with Crippen molar-refractivity contribution in [3.8, 4) is 0 Å². The minimum atomic E-state index is -0.000631. The molecule has 0 bridgehead atoms. The molecule has 1 amide bonds. The molecule has 0 saturated heterocycles. The fourth-order valence-electron chi connectivity index (χ4n) is 2.66. The van der Waals surface area contributed by atoms with Crippen LogP contribution in [0.5, 0.6) is 0 Å². The average molecular weight is 350 g/mol. The molecule has 2 heterocycles. The third kappa shape index (κ3) is 4.92. The molecule has 0 aliphatic carbocycles. The van der Waals surface area contributed by atoms with Crippen molar-refractivity contribution in [3.05, 3.63) is 40.2 Å². The van der Waals surface area contributed by atoms with Crippen LogP contribution in [-0.4, -0.2) is 35.4 Å². The monoisotopic (exact) mass is 349 g/mol. The number of likely N-dealkylation sites (N-methyl/N-ethyl adjacent to an activating group) is 1. The number of furan rings is 1. The summed E-state index contributed by atoms with van der Waals surface area (Å²) in [7, 11) is 0. The second kappa shape index (κ2) is 8.99. The van der Waals surface area contributed by atoms with Gasteiger partial charge in [-0.1, -0.05) is 27.7 Å². The van der Waals surface area contributed by atoms with Crippen LogP contribution >= 0.6 is 11.3 Å². The summed E-state index contributed by atoms with van der Waals surface area (Å²) in [4.78, 5) is 19.1. The van der Waals surface area contributed by atoms with Crippen molar-refractivity contribution in [1.29, 1.82) is 0 Å². The van der Waals surface area contributed by atoms with Crippen molar-refractivity contribution in [1.82, 2.24) is 15.2 Å². The molecule has 1 N–H and O–H groups in total. The Morgan fingerprint density at radius 2 is 2.12 bits per heavy atom. The summed E-state index contributed by atoms with van der Waals surface area (Å²) in [6.07, 6.45) is 2.00. The Morgan fingerprint density at radius 1 is 1.38 bits per heavy atom. The first kappa shape index (κ1) is 18.7. The molecular weight excluding hydrogens is 322 g/mol. The van der Waals surface area contributed by atoms with Crippen LogP contribution in [0.2, 0.25) is 0 Å². The molecule has 0 aromatic carbocycles. The van der Waals surface area contributed by atoms with Crippen LogP contribution in [0.4, 0.5) is 0 Å². The van der Waals surface area contributed by atoms with Crippen LogP contribution in [0.15, 0.2) is 28.2 Å². The molecule has 0 radical (unpaired) electrons. The van der Waals surface area contributed by atoms with Gasteiger partial charge in [-0.05, 0) is 25.2 Å². The van der Waals surface area contributed by atoms with E-state index < -0.39 is 0 Å². The molecule has 0 aliphatic heterocycles. The van der Waals surface area contributed by atoms with E-state index in [9.17, 15) is 4.79 Å². The summed E-state index contributed by atoms with van der Waals surface area (Å²) in [6.45, 7) is 10.8. The molecule has 24 heavy (non-hydrogen) atoms. The van der Waals surface area contributed by atoms with Crippen molar-refractivity contribution < 1.29 is 9.21 Å². The minimum absolute atomic E-state index is 0.000631. The van der Waals surface area contributed by atoms with Gasteiger partial charge in [0.1, 0.15) is 5.76 Å². The summed E-state index contributed by atoms with van der Waals surface area (Å²) < 4.78 is 5.56. The van der Waals surface area contributed by atoms with E-state index in [1.54, 1.807) is 17.6 Å². The first-order valence-corrected chi connectivity index (χ1v) is 9.41. The smallest absolute Gasteiger partial charge is 0.226 e. The first-order valence-electron chi connectivity index (χ1n) is 8.53. The van der Waals surface area contributed by atoms with Gasteiger partial charge in [0.05, 0.1) is 29.4 Å². The topological polar surface area (TPSA) is 58.4 Å². The van der Waals surface area contributed by atoms with Gasteiger partial charge in [-0.2, -0.15) is 0 Å². The van der Waals surface area contributed by atoms with Crippen molar-refractivity contribution in [2.75, 3.05) is 19.6 Å². The van der Waals surface area contributed by atoms with Crippen molar-refractivity contribution in [2.24, 2.45) is 0 Å². The van der Waals surface area contributed by atoms with Crippen LogP contribution in [0.1, 0.15) is 56.1 Å². The maximum absolute atomic E-state index is 12.3. The zero-order valence-corrected chi connectivity index (χ0v) is 15.7. The molecule has 6 heteroatoms. The van der Waals surface area contributed by atoms with Gasteiger partial charge in [-0.3, -0.25) is 9.69 Å². The standard InChI is InChI=1S/C18H27N3O2S/c1-5-21(6-2)15(16-8-7-9-23-16)11-19-17(22)10-14-12-24-18(20-14)13(3)4/h7-9,12-13,15H,5-6,10-11H2,1-4H3,(H,19,22)/t15-/m0/s1. The van der Waals surface area contributed by atoms with E-state index in [1.807, 2.05) is 17.5 Å². The Kier molecular flexibility index (Phi) is 6.99. The lowest BCUT2D eigenvalue weighted by atomic mass is 10.1. The van der Waals surface area contributed by atoms with Gasteiger partial charge in [-0.15, -0.1) is 11.3 Å². The van der Waals surface area contributed by atoms with Gasteiger partial charge in [0.2, 0.25) is 5.91 Å². The van der Waals surface area contributed by atoms with Gasteiger partial charge in [0, 0.05) is 17.8 Å². The maximum atomic E-state index is 12.3. The second-order valence-electron chi connectivity index (χ2n) is 6.07. The Hall–Kier alpha value is -1.66. The van der Waals surface area contributed by atoms with Crippen molar-refractivity contribution in [3.63, 3.8) is 0 Å². The second-order valence-corrected chi connectivity index (χ2v) is 6.95. The van der Waals surface area contributed by atoms with Gasteiger partial charge in [0.25, 0.3) is 0 Å². The van der Waals surface area contributed by atoms with Crippen LogP contribution in [-0.2, 0) is 11.2 Å². The predicted octanol–water partition coefficient (Wildman–Crippen LogP) is 3.60. The number of hydrogen-bond acceptors (Lipinski definition) is 5. The molecule has 2 aromatic heterocycles. The van der Waals surface area contributed by atoms with Crippen LogP contribution in [0, 0.1) is 0 Å². The number of rotatable bonds is 9. The predicted molar refractivity (Wildman–Crippen MR) is 97.3 cm³/mol. The Morgan fingerprint density at radius 3 is 2.67 bits per heavy atom. The maximum Gasteiger partial charge on any atom is 0.226 e. The van der Waals surface area contributed by atoms with Crippen molar-refractivity contribution in [2.45, 2.75) is 46.1 Å². The fourth-order valence-corrected chi connectivity index (χ4v) is 3.50. The minimum Gasteiger partial charge on any atom is -0.468 e. The summed E-state index contributed by atoms with van der Waals surface area (Å²) in [5.74, 6) is 1.28. The highest BCUT2D eigenvalue weighted by molar-refractivity contribution is 7.09. The van der Waals surface area contributed by atoms with E-state index in [2.05, 4.69) is 42.9 Å². The third-order valence-corrected chi connectivity index (χ3v) is 5.22. The Bertz CT molecular complexity index is 618. The largest absolute Gasteiger partial charge is 0.468 e. The number of hydrogen-bond donors (Lipinski definition) is 1. The average Bonchev–Trinajstić information content (AvgIpc) is 3.23. The lowest BCUT2D eigenvalue weighted by molar-refractivity contribution is -0.120. The molecule has 1 atom stereocenters. The molecule has 2 rings (SSSR count). The molecule has 0 unspecified atom stereocenters. The van der Waals surface area contributed by atoms with E-state index >= 15 is 0 Å². The molecule has 0 aliphatic rings. The number of nitrogens with zero attached hydrogens (tertiary/aromatic N) is 2. The summed E-state index contributed by atoms with van der Waals surface area (Å²) >= 11 is 1.62. The van der Waals surface area contributed by atoms with E-state index in [0.717, 1.165) is 29.6 Å². The third-order valence-electron chi connectivity index (χ3n) is 4.02. The Labute approximate surface area is 148 Å². The molecular formula is C18H27N3O2S. The lowest BCUT2D eigenvalue weighted by Gasteiger charge is -2.28. The van der Waals surface area contributed by atoms with Crippen LogP contribution in [0.3, 0.4) is 0 Å². The number of thiazole rings is 1. The van der Waals surface area contributed by atoms with Gasteiger partial charge in [0.15, 0.2) is 0 Å². The van der Waals surface area contributed by atoms with Crippen LogP contribution < -0.4 is 5.32 Å².